The van der Waals surface area contributed by atoms with Crippen LogP contribution in [0.25, 0.3) is 0 Å². The summed E-state index contributed by atoms with van der Waals surface area (Å²) >= 11 is 0. The molecule has 120 valence electrons. The Morgan fingerprint density at radius 1 is 0.955 bits per heavy atom. The first-order chi connectivity index (χ1) is 10.8. The molecule has 6 heteroatoms. The number of imidazole rings is 1. The minimum Gasteiger partial charge on any atom is -0.331 e. The number of carbonyl (C=O) groups is 1. The SMILES string of the molecule is O=C(N1CCCC1)N1CCn2cc(CN3CCCC3)nc2C1. The fourth-order valence-electron chi connectivity index (χ4n) is 3.83. The molecule has 0 spiro atoms. The first-order valence-corrected chi connectivity index (χ1v) is 8.61. The number of hydrogen-bond donors (Lipinski definition) is 0. The molecule has 1 aromatic rings. The second-order valence-corrected chi connectivity index (χ2v) is 6.72. The third kappa shape index (κ3) is 2.72. The molecule has 2 saturated heterocycles. The summed E-state index contributed by atoms with van der Waals surface area (Å²) in [6.07, 6.45) is 7.10. The lowest BCUT2D eigenvalue weighted by Gasteiger charge is -2.31. The molecule has 3 aliphatic rings. The largest absolute Gasteiger partial charge is 0.331 e. The van der Waals surface area contributed by atoms with Crippen LogP contribution in [-0.4, -0.2) is 63.0 Å². The van der Waals surface area contributed by atoms with Gasteiger partial charge in [0.15, 0.2) is 0 Å². The second kappa shape index (κ2) is 5.91. The van der Waals surface area contributed by atoms with Crippen LogP contribution in [0, 0.1) is 0 Å². The lowest BCUT2D eigenvalue weighted by atomic mass is 10.3. The molecule has 0 saturated carbocycles. The van der Waals surface area contributed by atoms with E-state index in [1.165, 1.54) is 25.9 Å². The van der Waals surface area contributed by atoms with Crippen molar-refractivity contribution in [2.75, 3.05) is 32.7 Å². The maximum atomic E-state index is 12.5. The van der Waals surface area contributed by atoms with Crippen molar-refractivity contribution in [3.8, 4) is 0 Å². The summed E-state index contributed by atoms with van der Waals surface area (Å²) < 4.78 is 2.24. The average molecular weight is 303 g/mol. The minimum absolute atomic E-state index is 0.202. The van der Waals surface area contributed by atoms with E-state index in [1.807, 2.05) is 9.80 Å². The Balaban J connectivity index is 1.41. The molecule has 0 unspecified atom stereocenters. The molecule has 2 amide bonds. The fourth-order valence-corrected chi connectivity index (χ4v) is 3.83. The maximum absolute atomic E-state index is 12.5. The molecule has 4 heterocycles. The van der Waals surface area contributed by atoms with Crippen molar-refractivity contribution >= 4 is 6.03 Å². The monoisotopic (exact) mass is 303 g/mol. The molecule has 0 aliphatic carbocycles. The first-order valence-electron chi connectivity index (χ1n) is 8.61. The number of aromatic nitrogens is 2. The quantitative estimate of drug-likeness (QED) is 0.832. The summed E-state index contributed by atoms with van der Waals surface area (Å²) in [4.78, 5) is 23.7. The van der Waals surface area contributed by atoms with Crippen LogP contribution in [0.2, 0.25) is 0 Å². The minimum atomic E-state index is 0.202. The predicted molar refractivity (Wildman–Crippen MR) is 83.4 cm³/mol. The van der Waals surface area contributed by atoms with Crippen LogP contribution in [0.5, 0.6) is 0 Å². The van der Waals surface area contributed by atoms with Crippen molar-refractivity contribution in [2.24, 2.45) is 0 Å². The van der Waals surface area contributed by atoms with E-state index in [2.05, 4.69) is 15.7 Å². The molecule has 0 atom stereocenters. The van der Waals surface area contributed by atoms with E-state index in [9.17, 15) is 4.79 Å². The van der Waals surface area contributed by atoms with Crippen molar-refractivity contribution in [1.82, 2.24) is 24.3 Å². The summed E-state index contributed by atoms with van der Waals surface area (Å²) in [5.74, 6) is 1.05. The highest BCUT2D eigenvalue weighted by molar-refractivity contribution is 5.74. The number of hydrogen-bond acceptors (Lipinski definition) is 3. The van der Waals surface area contributed by atoms with Gasteiger partial charge in [-0.25, -0.2) is 9.78 Å². The van der Waals surface area contributed by atoms with Crippen molar-refractivity contribution < 1.29 is 4.79 Å². The van der Waals surface area contributed by atoms with Crippen LogP contribution in [0.15, 0.2) is 6.20 Å². The predicted octanol–water partition coefficient (Wildman–Crippen LogP) is 1.51. The van der Waals surface area contributed by atoms with E-state index >= 15 is 0 Å². The lowest BCUT2D eigenvalue weighted by Crippen LogP contribution is -2.45. The van der Waals surface area contributed by atoms with E-state index in [1.54, 1.807) is 0 Å². The van der Waals surface area contributed by atoms with Crippen molar-refractivity contribution in [3.05, 3.63) is 17.7 Å². The number of urea groups is 1. The van der Waals surface area contributed by atoms with Gasteiger partial charge in [-0.15, -0.1) is 0 Å². The van der Waals surface area contributed by atoms with Crippen LogP contribution in [0.1, 0.15) is 37.2 Å². The van der Waals surface area contributed by atoms with E-state index < -0.39 is 0 Å². The zero-order valence-corrected chi connectivity index (χ0v) is 13.2. The van der Waals surface area contributed by atoms with Gasteiger partial charge in [-0.1, -0.05) is 0 Å². The number of likely N-dealkylation sites (tertiary alicyclic amines) is 2. The Morgan fingerprint density at radius 3 is 2.45 bits per heavy atom. The third-order valence-corrected chi connectivity index (χ3v) is 5.08. The molecule has 6 nitrogen and oxygen atoms in total. The van der Waals surface area contributed by atoms with Gasteiger partial charge in [-0.3, -0.25) is 4.90 Å². The van der Waals surface area contributed by atoms with Crippen LogP contribution in [0.3, 0.4) is 0 Å². The molecular formula is C16H25N5O. The summed E-state index contributed by atoms with van der Waals surface area (Å²) in [6, 6.07) is 0.202. The Labute approximate surface area is 131 Å². The van der Waals surface area contributed by atoms with Crippen molar-refractivity contribution in [1.29, 1.82) is 0 Å². The molecule has 0 bridgehead atoms. The molecular weight excluding hydrogens is 278 g/mol. The Bertz CT molecular complexity index is 543. The zero-order chi connectivity index (χ0) is 14.9. The van der Waals surface area contributed by atoms with Gasteiger partial charge in [0, 0.05) is 38.9 Å². The highest BCUT2D eigenvalue weighted by atomic mass is 16.2. The topological polar surface area (TPSA) is 44.6 Å². The summed E-state index contributed by atoms with van der Waals surface area (Å²) in [6.45, 7) is 7.54. The zero-order valence-electron chi connectivity index (χ0n) is 13.2. The number of nitrogens with zero attached hydrogens (tertiary/aromatic N) is 5. The molecule has 3 aliphatic heterocycles. The van der Waals surface area contributed by atoms with E-state index in [0.717, 1.165) is 57.1 Å². The number of amides is 2. The van der Waals surface area contributed by atoms with Gasteiger partial charge >= 0.3 is 6.03 Å². The van der Waals surface area contributed by atoms with E-state index in [0.29, 0.717) is 6.54 Å². The van der Waals surface area contributed by atoms with Gasteiger partial charge < -0.3 is 14.4 Å². The normalized spacial score (nSPS) is 22.4. The Morgan fingerprint density at radius 2 is 1.68 bits per heavy atom. The molecule has 4 rings (SSSR count). The van der Waals surface area contributed by atoms with Gasteiger partial charge in [0.25, 0.3) is 0 Å². The lowest BCUT2D eigenvalue weighted by molar-refractivity contribution is 0.148. The number of rotatable bonds is 2. The molecule has 22 heavy (non-hydrogen) atoms. The summed E-state index contributed by atoms with van der Waals surface area (Å²) in [5.41, 5.74) is 1.16. The Hall–Kier alpha value is -1.56. The Kier molecular flexibility index (Phi) is 3.78. The number of carbonyl (C=O) groups excluding carboxylic acids is 1. The fraction of sp³-hybridized carbons (Fsp3) is 0.750. The standard InChI is InChI=1S/C16H25N5O/c22-16(19-7-3-4-8-19)21-10-9-20-12-14(17-15(20)13-21)11-18-5-1-2-6-18/h12H,1-11,13H2. The van der Waals surface area contributed by atoms with Crippen molar-refractivity contribution in [2.45, 2.75) is 45.3 Å². The van der Waals surface area contributed by atoms with Gasteiger partial charge in [0.1, 0.15) is 5.82 Å². The van der Waals surface area contributed by atoms with Gasteiger partial charge in [0.05, 0.1) is 12.2 Å². The highest BCUT2D eigenvalue weighted by Gasteiger charge is 2.28. The molecule has 0 radical (unpaired) electrons. The third-order valence-electron chi connectivity index (χ3n) is 5.08. The van der Waals surface area contributed by atoms with Gasteiger partial charge in [0.2, 0.25) is 0 Å². The second-order valence-electron chi connectivity index (χ2n) is 6.72. The van der Waals surface area contributed by atoms with Crippen LogP contribution in [0.4, 0.5) is 4.79 Å². The summed E-state index contributed by atoms with van der Waals surface area (Å²) in [5, 5.41) is 0. The van der Waals surface area contributed by atoms with Crippen LogP contribution in [-0.2, 0) is 19.6 Å². The smallest absolute Gasteiger partial charge is 0.320 e. The van der Waals surface area contributed by atoms with Crippen LogP contribution >= 0.6 is 0 Å². The van der Waals surface area contributed by atoms with Crippen LogP contribution < -0.4 is 0 Å². The van der Waals surface area contributed by atoms with E-state index in [-0.39, 0.29) is 6.03 Å². The maximum Gasteiger partial charge on any atom is 0.320 e. The van der Waals surface area contributed by atoms with E-state index in [4.69, 9.17) is 4.98 Å². The molecule has 2 fully saturated rings. The molecule has 1 aromatic heterocycles. The molecule has 0 aromatic carbocycles. The first kappa shape index (κ1) is 14.1. The van der Waals surface area contributed by atoms with Gasteiger partial charge in [-0.2, -0.15) is 0 Å². The number of fused-ring (bicyclic) bond motifs is 1. The highest BCUT2D eigenvalue weighted by Crippen LogP contribution is 2.19. The molecule has 0 N–H and O–H groups in total. The van der Waals surface area contributed by atoms with Gasteiger partial charge in [-0.05, 0) is 38.8 Å². The average Bonchev–Trinajstić information content (AvgIpc) is 3.27. The summed E-state index contributed by atoms with van der Waals surface area (Å²) in [7, 11) is 0. The van der Waals surface area contributed by atoms with Crippen molar-refractivity contribution in [3.63, 3.8) is 0 Å².